The van der Waals surface area contributed by atoms with E-state index in [9.17, 15) is 4.79 Å². The van der Waals surface area contributed by atoms with Gasteiger partial charge in [-0.3, -0.25) is 4.79 Å². The summed E-state index contributed by atoms with van der Waals surface area (Å²) in [5.74, 6) is -0.0224. The average molecular weight is 272 g/mol. The van der Waals surface area contributed by atoms with Crippen LogP contribution in [0.4, 0.5) is 0 Å². The van der Waals surface area contributed by atoms with Crippen LogP contribution in [0.25, 0.3) is 0 Å². The van der Waals surface area contributed by atoms with E-state index in [1.165, 1.54) is 38.5 Å². The predicted octanol–water partition coefficient (Wildman–Crippen LogP) is 3.02. The summed E-state index contributed by atoms with van der Waals surface area (Å²) in [6, 6.07) is 9.80. The van der Waals surface area contributed by atoms with Crippen LogP contribution in [0.3, 0.4) is 0 Å². The smallest absolute Gasteiger partial charge is 0.187 e. The molecule has 0 saturated heterocycles. The minimum atomic E-state index is -0.0224. The molecule has 0 aromatic heterocycles. The lowest BCUT2D eigenvalue weighted by molar-refractivity contribution is 0.104. The number of hydrogen-bond donors (Lipinski definition) is 2. The second-order valence-corrected chi connectivity index (χ2v) is 5.52. The van der Waals surface area contributed by atoms with Gasteiger partial charge in [-0.1, -0.05) is 56.0 Å². The first-order valence-corrected chi connectivity index (χ1v) is 7.54. The molecule has 1 fully saturated rings. The summed E-state index contributed by atoms with van der Waals surface area (Å²) in [7, 11) is 0. The van der Waals surface area contributed by atoms with Crippen LogP contribution < -0.4 is 11.1 Å². The van der Waals surface area contributed by atoms with Crippen LogP contribution in [0.1, 0.15) is 48.9 Å². The summed E-state index contributed by atoms with van der Waals surface area (Å²) < 4.78 is 0. The van der Waals surface area contributed by atoms with Gasteiger partial charge in [-0.2, -0.15) is 0 Å². The van der Waals surface area contributed by atoms with Crippen molar-refractivity contribution in [1.29, 1.82) is 0 Å². The maximum Gasteiger partial charge on any atom is 0.187 e. The highest BCUT2D eigenvalue weighted by Gasteiger charge is 2.11. The number of benzene rings is 1. The topological polar surface area (TPSA) is 55.1 Å². The van der Waals surface area contributed by atoms with E-state index in [1.54, 1.807) is 6.08 Å². The van der Waals surface area contributed by atoms with Crippen LogP contribution in [0.15, 0.2) is 42.1 Å². The van der Waals surface area contributed by atoms with Crippen molar-refractivity contribution in [2.45, 2.75) is 44.6 Å². The molecule has 1 aliphatic carbocycles. The normalized spacial score (nSPS) is 17.7. The number of rotatable bonds is 5. The second kappa shape index (κ2) is 7.85. The highest BCUT2D eigenvalue weighted by Crippen LogP contribution is 2.17. The molecule has 0 aliphatic heterocycles. The Balaban J connectivity index is 1.83. The molecule has 1 aromatic rings. The highest BCUT2D eigenvalue weighted by molar-refractivity contribution is 6.04. The fourth-order valence-corrected chi connectivity index (χ4v) is 2.65. The largest absolute Gasteiger partial charge is 0.401 e. The van der Waals surface area contributed by atoms with Gasteiger partial charge in [-0.05, 0) is 12.8 Å². The predicted molar refractivity (Wildman–Crippen MR) is 82.5 cm³/mol. The van der Waals surface area contributed by atoms with Crippen molar-refractivity contribution in [3.05, 3.63) is 47.7 Å². The molecule has 0 unspecified atom stereocenters. The molecule has 3 N–H and O–H groups in total. The standard InChI is InChI=1S/C17H24N2O/c18-15(12-17(20)14-8-4-3-5-9-14)13-19-16-10-6-1-2-7-11-16/h3-5,8-9,12,16,19H,1-2,6-7,10-11,13,18H2/b15-12-. The van der Waals surface area contributed by atoms with E-state index < -0.39 is 0 Å². The number of hydrogen-bond acceptors (Lipinski definition) is 3. The minimum absolute atomic E-state index is 0.0224. The van der Waals surface area contributed by atoms with Crippen LogP contribution in [-0.4, -0.2) is 18.4 Å². The quantitative estimate of drug-likeness (QED) is 0.492. The Hall–Kier alpha value is -1.61. The molecule has 2 rings (SSSR count). The fourth-order valence-electron chi connectivity index (χ4n) is 2.65. The summed E-state index contributed by atoms with van der Waals surface area (Å²) in [6.45, 7) is 0.600. The van der Waals surface area contributed by atoms with Gasteiger partial charge < -0.3 is 11.1 Å². The molecule has 0 heterocycles. The lowest BCUT2D eigenvalue weighted by Crippen LogP contribution is -2.32. The Morgan fingerprint density at radius 2 is 1.80 bits per heavy atom. The molecule has 20 heavy (non-hydrogen) atoms. The molecule has 0 spiro atoms. The molecular formula is C17H24N2O. The van der Waals surface area contributed by atoms with E-state index in [2.05, 4.69) is 5.32 Å². The second-order valence-electron chi connectivity index (χ2n) is 5.52. The third-order valence-electron chi connectivity index (χ3n) is 3.82. The zero-order chi connectivity index (χ0) is 14.2. The minimum Gasteiger partial charge on any atom is -0.401 e. The van der Waals surface area contributed by atoms with Gasteiger partial charge in [-0.15, -0.1) is 0 Å². The molecule has 0 atom stereocenters. The Morgan fingerprint density at radius 3 is 2.45 bits per heavy atom. The van der Waals surface area contributed by atoms with Crippen molar-refractivity contribution in [2.75, 3.05) is 6.54 Å². The van der Waals surface area contributed by atoms with E-state index in [0.717, 1.165) is 0 Å². The van der Waals surface area contributed by atoms with Gasteiger partial charge in [0, 0.05) is 29.9 Å². The first-order valence-electron chi connectivity index (χ1n) is 7.54. The first-order chi connectivity index (χ1) is 9.75. The van der Waals surface area contributed by atoms with Gasteiger partial charge in [-0.25, -0.2) is 0 Å². The summed E-state index contributed by atoms with van der Waals surface area (Å²) in [6.07, 6.45) is 9.26. The first kappa shape index (κ1) is 14.8. The van der Waals surface area contributed by atoms with Crippen LogP contribution in [-0.2, 0) is 0 Å². The molecule has 1 aromatic carbocycles. The van der Waals surface area contributed by atoms with Crippen molar-refractivity contribution in [2.24, 2.45) is 5.73 Å². The summed E-state index contributed by atoms with van der Waals surface area (Å²) in [5.41, 5.74) is 7.25. The molecule has 3 heteroatoms. The van der Waals surface area contributed by atoms with Crippen LogP contribution in [0.5, 0.6) is 0 Å². The Labute approximate surface area is 121 Å². The van der Waals surface area contributed by atoms with Crippen molar-refractivity contribution >= 4 is 5.78 Å². The van der Waals surface area contributed by atoms with Gasteiger partial charge in [0.25, 0.3) is 0 Å². The molecule has 0 amide bonds. The number of allylic oxidation sites excluding steroid dienone is 1. The fraction of sp³-hybridized carbons (Fsp3) is 0.471. The molecule has 1 aliphatic rings. The van der Waals surface area contributed by atoms with Crippen LogP contribution in [0.2, 0.25) is 0 Å². The van der Waals surface area contributed by atoms with E-state index >= 15 is 0 Å². The van der Waals surface area contributed by atoms with Gasteiger partial charge in [0.05, 0.1) is 0 Å². The maximum atomic E-state index is 12.0. The summed E-state index contributed by atoms with van der Waals surface area (Å²) >= 11 is 0. The van der Waals surface area contributed by atoms with Gasteiger partial charge in [0.15, 0.2) is 5.78 Å². The molecule has 1 saturated carbocycles. The van der Waals surface area contributed by atoms with E-state index in [1.807, 2.05) is 30.3 Å². The third-order valence-corrected chi connectivity index (χ3v) is 3.82. The molecule has 0 bridgehead atoms. The zero-order valence-corrected chi connectivity index (χ0v) is 12.0. The maximum absolute atomic E-state index is 12.0. The number of ketones is 1. The average Bonchev–Trinajstić information content (AvgIpc) is 2.74. The summed E-state index contributed by atoms with van der Waals surface area (Å²) in [5, 5.41) is 3.47. The molecule has 3 nitrogen and oxygen atoms in total. The number of carbonyl (C=O) groups excluding carboxylic acids is 1. The van der Waals surface area contributed by atoms with E-state index in [4.69, 9.17) is 5.73 Å². The molecular weight excluding hydrogens is 248 g/mol. The third kappa shape index (κ3) is 4.82. The van der Waals surface area contributed by atoms with Crippen LogP contribution in [0, 0.1) is 0 Å². The summed E-state index contributed by atoms with van der Waals surface area (Å²) in [4.78, 5) is 12.0. The van der Waals surface area contributed by atoms with Gasteiger partial charge in [0.2, 0.25) is 0 Å². The Kier molecular flexibility index (Phi) is 5.81. The lowest BCUT2D eigenvalue weighted by atomic mass is 10.1. The number of carbonyl (C=O) groups is 1. The Morgan fingerprint density at radius 1 is 1.15 bits per heavy atom. The van der Waals surface area contributed by atoms with Crippen LogP contribution >= 0.6 is 0 Å². The molecule has 108 valence electrons. The van der Waals surface area contributed by atoms with Gasteiger partial charge >= 0.3 is 0 Å². The number of nitrogens with one attached hydrogen (secondary N) is 1. The SMILES string of the molecule is N/C(=C\C(=O)c1ccccc1)CNC1CCCCCC1. The van der Waals surface area contributed by atoms with Crippen molar-refractivity contribution in [3.63, 3.8) is 0 Å². The number of nitrogens with two attached hydrogens (primary N) is 1. The molecule has 0 radical (unpaired) electrons. The van der Waals surface area contributed by atoms with E-state index in [-0.39, 0.29) is 5.78 Å². The highest BCUT2D eigenvalue weighted by atomic mass is 16.1. The Bertz CT molecular complexity index is 445. The van der Waals surface area contributed by atoms with Crippen molar-refractivity contribution in [1.82, 2.24) is 5.32 Å². The van der Waals surface area contributed by atoms with Crippen molar-refractivity contribution in [3.8, 4) is 0 Å². The zero-order valence-electron chi connectivity index (χ0n) is 12.0. The van der Waals surface area contributed by atoms with E-state index in [0.29, 0.717) is 23.8 Å². The van der Waals surface area contributed by atoms with Crippen molar-refractivity contribution < 1.29 is 4.79 Å². The van der Waals surface area contributed by atoms with Gasteiger partial charge in [0.1, 0.15) is 0 Å². The monoisotopic (exact) mass is 272 g/mol. The lowest BCUT2D eigenvalue weighted by Gasteiger charge is -2.16.